The molecule has 154 valence electrons. The molecule has 0 saturated heterocycles. The zero-order valence-corrected chi connectivity index (χ0v) is 19.7. The molecule has 1 aliphatic rings. The molecule has 0 bridgehead atoms. The number of nitrogens with zero attached hydrogens (tertiary/aromatic N) is 1. The highest BCUT2D eigenvalue weighted by Gasteiger charge is 2.16. The van der Waals surface area contributed by atoms with Gasteiger partial charge in [0.2, 0.25) is 0 Å². The number of halogens is 2. The first-order chi connectivity index (χ1) is 12.3. The van der Waals surface area contributed by atoms with Gasteiger partial charge < -0.3 is 20.1 Å². The lowest BCUT2D eigenvalue weighted by atomic mass is 10.1. The Kier molecular flexibility index (Phi) is 9.96. The summed E-state index contributed by atoms with van der Waals surface area (Å²) in [4.78, 5) is 4.17. The minimum absolute atomic E-state index is 0. The van der Waals surface area contributed by atoms with E-state index in [-0.39, 0.29) is 35.8 Å². The minimum atomic E-state index is -2.96. The van der Waals surface area contributed by atoms with Crippen molar-refractivity contribution in [3.05, 3.63) is 22.7 Å². The lowest BCUT2D eigenvalue weighted by Crippen LogP contribution is -2.43. The summed E-state index contributed by atoms with van der Waals surface area (Å²) in [6.07, 6.45) is 2.50. The van der Waals surface area contributed by atoms with Crippen molar-refractivity contribution in [3.8, 4) is 11.5 Å². The van der Waals surface area contributed by atoms with E-state index >= 15 is 0 Å². The Balaban J connectivity index is 0.00000364. The Bertz CT molecular complexity index is 759. The van der Waals surface area contributed by atoms with E-state index in [9.17, 15) is 8.42 Å². The maximum Gasteiger partial charge on any atom is 0.191 e. The number of rotatable bonds is 7. The summed E-state index contributed by atoms with van der Waals surface area (Å²) >= 11 is 6.25. The molecule has 0 fully saturated rings. The molecule has 1 unspecified atom stereocenters. The van der Waals surface area contributed by atoms with Crippen molar-refractivity contribution in [1.82, 2.24) is 10.6 Å². The summed E-state index contributed by atoms with van der Waals surface area (Å²) in [7, 11) is -1.28. The van der Waals surface area contributed by atoms with Gasteiger partial charge in [-0.3, -0.25) is 4.99 Å². The van der Waals surface area contributed by atoms with Crippen LogP contribution in [0.5, 0.6) is 11.5 Å². The molecule has 1 atom stereocenters. The van der Waals surface area contributed by atoms with Crippen molar-refractivity contribution < 1.29 is 17.9 Å². The number of guanidine groups is 1. The van der Waals surface area contributed by atoms with Crippen molar-refractivity contribution in [2.24, 2.45) is 4.99 Å². The lowest BCUT2D eigenvalue weighted by Gasteiger charge is -2.20. The highest BCUT2D eigenvalue weighted by molar-refractivity contribution is 14.0. The van der Waals surface area contributed by atoms with Crippen LogP contribution in [-0.4, -0.2) is 59.2 Å². The SMILES string of the molecule is CN=C(NCCc1cc(Cl)c2c(c1)OCCO2)NC(C)CCS(C)(=O)=O.I. The van der Waals surface area contributed by atoms with Crippen molar-refractivity contribution in [1.29, 1.82) is 0 Å². The molecule has 0 amide bonds. The Morgan fingerprint density at radius 3 is 2.70 bits per heavy atom. The van der Waals surface area contributed by atoms with Crippen molar-refractivity contribution in [2.45, 2.75) is 25.8 Å². The largest absolute Gasteiger partial charge is 0.486 e. The first-order valence-corrected chi connectivity index (χ1v) is 11.0. The van der Waals surface area contributed by atoms with Crippen LogP contribution in [0.2, 0.25) is 5.02 Å². The Morgan fingerprint density at radius 1 is 1.33 bits per heavy atom. The van der Waals surface area contributed by atoms with Gasteiger partial charge in [-0.05, 0) is 37.5 Å². The molecule has 1 aromatic carbocycles. The summed E-state index contributed by atoms with van der Waals surface area (Å²) in [5, 5.41) is 6.96. The normalized spacial score (nSPS) is 14.9. The number of benzene rings is 1. The zero-order valence-electron chi connectivity index (χ0n) is 15.7. The van der Waals surface area contributed by atoms with E-state index in [1.165, 1.54) is 6.26 Å². The first-order valence-electron chi connectivity index (χ1n) is 8.51. The third kappa shape index (κ3) is 8.30. The van der Waals surface area contributed by atoms with E-state index in [2.05, 4.69) is 15.6 Å². The zero-order chi connectivity index (χ0) is 19.2. The van der Waals surface area contributed by atoms with Gasteiger partial charge in [-0.25, -0.2) is 8.42 Å². The fourth-order valence-corrected chi connectivity index (χ4v) is 3.59. The molecule has 1 heterocycles. The monoisotopic (exact) mass is 531 g/mol. The lowest BCUT2D eigenvalue weighted by molar-refractivity contribution is 0.171. The number of nitrogens with one attached hydrogen (secondary N) is 2. The van der Waals surface area contributed by atoms with Crippen LogP contribution in [0.3, 0.4) is 0 Å². The van der Waals surface area contributed by atoms with Crippen LogP contribution in [0.15, 0.2) is 17.1 Å². The topological polar surface area (TPSA) is 89.0 Å². The van der Waals surface area contributed by atoms with Gasteiger partial charge in [0.25, 0.3) is 0 Å². The number of aliphatic imine (C=N–C) groups is 1. The van der Waals surface area contributed by atoms with Crippen LogP contribution >= 0.6 is 35.6 Å². The molecular weight excluding hydrogens is 505 g/mol. The number of hydrogen-bond acceptors (Lipinski definition) is 5. The van der Waals surface area contributed by atoms with Crippen LogP contribution < -0.4 is 20.1 Å². The number of sulfone groups is 1. The maximum atomic E-state index is 11.2. The van der Waals surface area contributed by atoms with Crippen LogP contribution in [-0.2, 0) is 16.3 Å². The van der Waals surface area contributed by atoms with Gasteiger partial charge in [-0.1, -0.05) is 11.6 Å². The van der Waals surface area contributed by atoms with E-state index in [1.54, 1.807) is 7.05 Å². The minimum Gasteiger partial charge on any atom is -0.486 e. The van der Waals surface area contributed by atoms with E-state index in [0.29, 0.717) is 48.7 Å². The summed E-state index contributed by atoms with van der Waals surface area (Å²) in [6.45, 7) is 3.60. The van der Waals surface area contributed by atoms with Gasteiger partial charge in [-0.15, -0.1) is 24.0 Å². The van der Waals surface area contributed by atoms with Crippen LogP contribution in [0, 0.1) is 0 Å². The molecule has 2 N–H and O–H groups in total. The molecule has 27 heavy (non-hydrogen) atoms. The fraction of sp³-hybridized carbons (Fsp3) is 0.588. The molecular formula is C17H27ClIN3O4S. The van der Waals surface area contributed by atoms with E-state index in [4.69, 9.17) is 21.1 Å². The predicted octanol–water partition coefficient (Wildman–Crippen LogP) is 2.26. The van der Waals surface area contributed by atoms with Crippen LogP contribution in [0.25, 0.3) is 0 Å². The van der Waals surface area contributed by atoms with Crippen LogP contribution in [0.4, 0.5) is 0 Å². The molecule has 0 aliphatic carbocycles. The molecule has 7 nitrogen and oxygen atoms in total. The molecule has 0 radical (unpaired) electrons. The van der Waals surface area contributed by atoms with Crippen molar-refractivity contribution in [2.75, 3.05) is 38.8 Å². The van der Waals surface area contributed by atoms with E-state index in [0.717, 1.165) is 12.0 Å². The number of fused-ring (bicyclic) bond motifs is 1. The molecule has 0 spiro atoms. The highest BCUT2D eigenvalue weighted by atomic mass is 127. The average molecular weight is 532 g/mol. The van der Waals surface area contributed by atoms with Gasteiger partial charge in [0.1, 0.15) is 23.1 Å². The summed E-state index contributed by atoms with van der Waals surface area (Å²) in [5.74, 6) is 2.06. The second-order valence-electron chi connectivity index (χ2n) is 6.31. The molecule has 0 aromatic heterocycles. The van der Waals surface area contributed by atoms with Gasteiger partial charge >= 0.3 is 0 Å². The van der Waals surface area contributed by atoms with Crippen molar-refractivity contribution in [3.63, 3.8) is 0 Å². The smallest absolute Gasteiger partial charge is 0.191 e. The van der Waals surface area contributed by atoms with E-state index < -0.39 is 9.84 Å². The summed E-state index contributed by atoms with van der Waals surface area (Å²) in [5.41, 5.74) is 1.03. The maximum absolute atomic E-state index is 11.2. The molecule has 1 aromatic rings. The quantitative estimate of drug-likeness (QED) is 0.319. The third-order valence-corrected chi connectivity index (χ3v) is 5.15. The van der Waals surface area contributed by atoms with Crippen LogP contribution in [0.1, 0.15) is 18.9 Å². The summed E-state index contributed by atoms with van der Waals surface area (Å²) < 4.78 is 33.6. The van der Waals surface area contributed by atoms with Gasteiger partial charge in [0, 0.05) is 25.9 Å². The van der Waals surface area contributed by atoms with Gasteiger partial charge in [0.15, 0.2) is 17.5 Å². The number of hydrogen-bond donors (Lipinski definition) is 2. The first kappa shape index (κ1) is 24.1. The van der Waals surface area contributed by atoms with E-state index in [1.807, 2.05) is 19.1 Å². The predicted molar refractivity (Wildman–Crippen MR) is 120 cm³/mol. The number of ether oxygens (including phenoxy) is 2. The molecule has 10 heteroatoms. The Labute approximate surface area is 183 Å². The second kappa shape index (κ2) is 11.2. The highest BCUT2D eigenvalue weighted by Crippen LogP contribution is 2.38. The molecule has 1 aliphatic heterocycles. The fourth-order valence-electron chi connectivity index (χ4n) is 2.52. The second-order valence-corrected chi connectivity index (χ2v) is 8.98. The third-order valence-electron chi connectivity index (χ3n) is 3.89. The standard InChI is InChI=1S/C17H26ClN3O4S.HI/c1-12(5-9-26(3,22)23)21-17(19-2)20-6-4-13-10-14(18)16-15(11-13)24-7-8-25-16;/h10-12H,4-9H2,1-3H3,(H2,19,20,21);1H. The van der Waals surface area contributed by atoms with Crippen molar-refractivity contribution >= 4 is 51.4 Å². The molecule has 2 rings (SSSR count). The molecule has 0 saturated carbocycles. The van der Waals surface area contributed by atoms with Gasteiger partial charge in [-0.2, -0.15) is 0 Å². The average Bonchev–Trinajstić information content (AvgIpc) is 2.58. The Morgan fingerprint density at radius 2 is 2.04 bits per heavy atom. The van der Waals surface area contributed by atoms with Gasteiger partial charge in [0.05, 0.1) is 10.8 Å². The summed E-state index contributed by atoms with van der Waals surface area (Å²) in [6, 6.07) is 3.81. The Hall–Kier alpha value is -0.940.